The van der Waals surface area contributed by atoms with Gasteiger partial charge in [0.2, 0.25) is 17.7 Å². The fourth-order valence-electron chi connectivity index (χ4n) is 4.67. The van der Waals surface area contributed by atoms with E-state index in [1.54, 1.807) is 9.47 Å². The van der Waals surface area contributed by atoms with Crippen LogP contribution in [0.1, 0.15) is 43.4 Å². The third kappa shape index (κ3) is 5.05. The van der Waals surface area contributed by atoms with Crippen molar-refractivity contribution in [1.82, 2.24) is 34.7 Å². The molecule has 5 rings (SSSR count). The molecule has 0 saturated carbocycles. The number of hydrogen-bond acceptors (Lipinski definition) is 12. The molecule has 3 aromatic heterocycles. The third-order valence-electron chi connectivity index (χ3n) is 6.44. The molecule has 13 nitrogen and oxygen atoms in total. The Morgan fingerprint density at radius 3 is 2.43 bits per heavy atom. The molecule has 3 aromatic rings. The van der Waals surface area contributed by atoms with Crippen LogP contribution in [0.2, 0.25) is 0 Å². The number of rotatable bonds is 8. The van der Waals surface area contributed by atoms with Crippen LogP contribution in [0.25, 0.3) is 5.69 Å². The van der Waals surface area contributed by atoms with Crippen molar-refractivity contribution in [3.63, 3.8) is 0 Å². The second kappa shape index (κ2) is 10.5. The number of methoxy groups -OCH3 is 2. The standard InChI is InChI=1S/C22H27FN8O5S/c1-34-20-18(21(35-2)27-13-26-20)31-17(28-29-19(31)16-6-4-8-36-16)12-37(32,33)15-5-3-7-30(11-15)22-24-9-14(23)10-25-22/h9-10,13,15-16H,3-8,11-12H2,1-2H3/t15-,16+/m1/s1. The SMILES string of the molecule is COc1ncnc(OC)c1-n1c(CS(=O)(=O)[C@@H]2CCCN(c3ncc(F)cn3)C2)nnc1[C@@H]1CCCO1. The van der Waals surface area contributed by atoms with Gasteiger partial charge >= 0.3 is 0 Å². The number of halogens is 1. The highest BCUT2D eigenvalue weighted by Gasteiger charge is 2.36. The van der Waals surface area contributed by atoms with Crippen molar-refractivity contribution in [2.45, 2.75) is 42.8 Å². The summed E-state index contributed by atoms with van der Waals surface area (Å²) >= 11 is 0. The topological polar surface area (TPSA) is 147 Å². The lowest BCUT2D eigenvalue weighted by Gasteiger charge is -2.32. The summed E-state index contributed by atoms with van der Waals surface area (Å²) in [4.78, 5) is 18.1. The molecule has 2 fully saturated rings. The lowest BCUT2D eigenvalue weighted by molar-refractivity contribution is 0.103. The molecular weight excluding hydrogens is 507 g/mol. The number of sulfone groups is 1. The van der Waals surface area contributed by atoms with Crippen LogP contribution in [-0.4, -0.2) is 82.3 Å². The number of anilines is 1. The van der Waals surface area contributed by atoms with Crippen molar-refractivity contribution >= 4 is 15.8 Å². The Kier molecular flexibility index (Phi) is 7.15. The molecule has 2 atom stereocenters. The van der Waals surface area contributed by atoms with Crippen molar-refractivity contribution in [3.05, 3.63) is 36.2 Å². The van der Waals surface area contributed by atoms with E-state index in [9.17, 15) is 12.8 Å². The highest BCUT2D eigenvalue weighted by Crippen LogP contribution is 2.36. The maximum absolute atomic E-state index is 13.7. The lowest BCUT2D eigenvalue weighted by atomic mass is 10.1. The quantitative estimate of drug-likeness (QED) is 0.412. The molecule has 0 aromatic carbocycles. The Balaban J connectivity index is 1.50. The van der Waals surface area contributed by atoms with E-state index < -0.39 is 26.7 Å². The van der Waals surface area contributed by atoms with Gasteiger partial charge in [0.25, 0.3) is 0 Å². The van der Waals surface area contributed by atoms with Gasteiger partial charge in [0, 0.05) is 19.7 Å². The van der Waals surface area contributed by atoms with E-state index in [2.05, 4.69) is 30.1 Å². The average molecular weight is 535 g/mol. The van der Waals surface area contributed by atoms with Gasteiger partial charge in [-0.25, -0.2) is 22.8 Å². The Morgan fingerprint density at radius 1 is 1.05 bits per heavy atom. The van der Waals surface area contributed by atoms with Crippen molar-refractivity contribution in [2.75, 3.05) is 38.8 Å². The van der Waals surface area contributed by atoms with E-state index in [0.29, 0.717) is 49.9 Å². The maximum Gasteiger partial charge on any atom is 0.245 e. The summed E-state index contributed by atoms with van der Waals surface area (Å²) in [6, 6.07) is 0. The summed E-state index contributed by atoms with van der Waals surface area (Å²) in [6.07, 6.45) is 5.69. The molecule has 0 unspecified atom stereocenters. The van der Waals surface area contributed by atoms with Gasteiger partial charge in [-0.3, -0.25) is 4.57 Å². The van der Waals surface area contributed by atoms with Gasteiger partial charge in [0.1, 0.15) is 18.2 Å². The summed E-state index contributed by atoms with van der Waals surface area (Å²) in [6.45, 7) is 1.32. The first-order valence-corrected chi connectivity index (χ1v) is 13.6. The van der Waals surface area contributed by atoms with Gasteiger partial charge in [-0.05, 0) is 25.7 Å². The molecule has 2 aliphatic heterocycles. The molecule has 0 radical (unpaired) electrons. The van der Waals surface area contributed by atoms with E-state index in [4.69, 9.17) is 14.2 Å². The van der Waals surface area contributed by atoms with Crippen LogP contribution in [0.5, 0.6) is 11.8 Å². The highest BCUT2D eigenvalue weighted by molar-refractivity contribution is 7.91. The molecule has 0 amide bonds. The second-order valence-electron chi connectivity index (χ2n) is 8.77. The molecule has 0 bridgehead atoms. The van der Waals surface area contributed by atoms with Crippen LogP contribution in [0.4, 0.5) is 10.3 Å². The van der Waals surface area contributed by atoms with Gasteiger partial charge in [0.05, 0.1) is 31.9 Å². The number of nitrogens with zero attached hydrogens (tertiary/aromatic N) is 8. The van der Waals surface area contributed by atoms with Crippen molar-refractivity contribution in [2.24, 2.45) is 0 Å². The molecule has 198 valence electrons. The number of aromatic nitrogens is 7. The molecule has 5 heterocycles. The summed E-state index contributed by atoms with van der Waals surface area (Å²) < 4.78 is 59.0. The summed E-state index contributed by atoms with van der Waals surface area (Å²) in [7, 11) is -0.823. The molecule has 0 spiro atoms. The number of ether oxygens (including phenoxy) is 3. The van der Waals surface area contributed by atoms with Crippen LogP contribution in [0.15, 0.2) is 18.7 Å². The first kappa shape index (κ1) is 25.2. The van der Waals surface area contributed by atoms with E-state index in [-0.39, 0.29) is 30.2 Å². The van der Waals surface area contributed by atoms with Crippen LogP contribution in [-0.2, 0) is 20.3 Å². The molecule has 0 aliphatic carbocycles. The average Bonchev–Trinajstić information content (AvgIpc) is 3.58. The molecule has 2 aliphatic rings. The molecule has 0 N–H and O–H groups in total. The van der Waals surface area contributed by atoms with Gasteiger partial charge in [-0.2, -0.15) is 9.97 Å². The van der Waals surface area contributed by atoms with E-state index in [0.717, 1.165) is 18.8 Å². The monoisotopic (exact) mass is 534 g/mol. The van der Waals surface area contributed by atoms with Crippen molar-refractivity contribution in [1.29, 1.82) is 0 Å². The van der Waals surface area contributed by atoms with E-state index in [1.165, 1.54) is 20.5 Å². The largest absolute Gasteiger partial charge is 0.479 e. The van der Waals surface area contributed by atoms with E-state index >= 15 is 0 Å². The van der Waals surface area contributed by atoms with Crippen LogP contribution >= 0.6 is 0 Å². The van der Waals surface area contributed by atoms with Crippen LogP contribution < -0.4 is 14.4 Å². The third-order valence-corrected chi connectivity index (χ3v) is 8.51. The minimum Gasteiger partial charge on any atom is -0.479 e. The fourth-order valence-corrected chi connectivity index (χ4v) is 6.39. The summed E-state index contributed by atoms with van der Waals surface area (Å²) in [5.74, 6) is 0.314. The fraction of sp³-hybridized carbons (Fsp3) is 0.545. The zero-order valence-electron chi connectivity index (χ0n) is 20.4. The maximum atomic E-state index is 13.7. The first-order chi connectivity index (χ1) is 17.9. The molecular formula is C22H27FN8O5S. The number of piperidine rings is 1. The van der Waals surface area contributed by atoms with Crippen molar-refractivity contribution < 1.29 is 27.0 Å². The molecule has 15 heteroatoms. The van der Waals surface area contributed by atoms with Gasteiger partial charge in [0.15, 0.2) is 33.0 Å². The minimum absolute atomic E-state index is 0.173. The zero-order valence-corrected chi connectivity index (χ0v) is 21.3. The Hall–Kier alpha value is -3.46. The molecule has 37 heavy (non-hydrogen) atoms. The van der Waals surface area contributed by atoms with E-state index in [1.807, 2.05) is 0 Å². The Bertz CT molecular complexity index is 1330. The highest BCUT2D eigenvalue weighted by atomic mass is 32.2. The minimum atomic E-state index is -3.72. The first-order valence-electron chi connectivity index (χ1n) is 11.8. The summed E-state index contributed by atoms with van der Waals surface area (Å²) in [5.41, 5.74) is 0.304. The normalized spacial score (nSPS) is 20.2. The zero-order chi connectivity index (χ0) is 26.0. The van der Waals surface area contributed by atoms with Gasteiger partial charge in [-0.1, -0.05) is 0 Å². The smallest absolute Gasteiger partial charge is 0.245 e. The van der Waals surface area contributed by atoms with Crippen molar-refractivity contribution in [3.8, 4) is 17.4 Å². The predicted molar refractivity (Wildman–Crippen MR) is 128 cm³/mol. The Labute approximate surface area is 213 Å². The van der Waals surface area contributed by atoms with Gasteiger partial charge < -0.3 is 19.1 Å². The second-order valence-corrected chi connectivity index (χ2v) is 11.1. The van der Waals surface area contributed by atoms with Crippen LogP contribution in [0, 0.1) is 5.82 Å². The summed E-state index contributed by atoms with van der Waals surface area (Å²) in [5, 5.41) is 7.87. The lowest BCUT2D eigenvalue weighted by Crippen LogP contribution is -2.43. The van der Waals surface area contributed by atoms with Crippen LogP contribution in [0.3, 0.4) is 0 Å². The van der Waals surface area contributed by atoms with Gasteiger partial charge in [-0.15, -0.1) is 10.2 Å². The predicted octanol–water partition coefficient (Wildman–Crippen LogP) is 1.44. The number of hydrogen-bond donors (Lipinski definition) is 0. The molecule has 2 saturated heterocycles. The Morgan fingerprint density at radius 2 is 1.78 bits per heavy atom.